The minimum absolute atomic E-state index is 0.0408. The summed E-state index contributed by atoms with van der Waals surface area (Å²) in [6, 6.07) is 0.496. The highest BCUT2D eigenvalue weighted by Gasteiger charge is 2.07. The van der Waals surface area contributed by atoms with Crippen molar-refractivity contribution in [2.45, 2.75) is 53.2 Å². The first-order valence-corrected chi connectivity index (χ1v) is 7.64. The highest BCUT2D eigenvalue weighted by Crippen LogP contribution is 1.97. The number of amides is 1. The van der Waals surface area contributed by atoms with E-state index in [9.17, 15) is 4.79 Å². The molecule has 0 spiro atoms. The maximum atomic E-state index is 11.4. The first-order valence-electron chi connectivity index (χ1n) is 7.64. The highest BCUT2D eigenvalue weighted by atomic mass is 16.5. The number of nitrogens with one attached hydrogen (secondary N) is 2. The largest absolute Gasteiger partial charge is 0.378 e. The molecule has 0 bridgehead atoms. The fourth-order valence-electron chi connectivity index (χ4n) is 1.52. The Morgan fingerprint density at radius 2 is 1.70 bits per heavy atom. The molecule has 2 N–H and O–H groups in total. The summed E-state index contributed by atoms with van der Waals surface area (Å²) >= 11 is 0. The molecule has 0 heterocycles. The topological polar surface area (TPSA) is 59.6 Å². The maximum absolute atomic E-state index is 11.4. The van der Waals surface area contributed by atoms with Gasteiger partial charge in [-0.05, 0) is 13.3 Å². The van der Waals surface area contributed by atoms with Crippen LogP contribution in [0, 0.1) is 5.92 Å². The van der Waals surface area contributed by atoms with Crippen LogP contribution in [0.2, 0.25) is 0 Å². The molecule has 0 aromatic heterocycles. The van der Waals surface area contributed by atoms with Gasteiger partial charge in [0.15, 0.2) is 0 Å². The average molecular weight is 288 g/mol. The van der Waals surface area contributed by atoms with E-state index in [-0.39, 0.29) is 17.9 Å². The fourth-order valence-corrected chi connectivity index (χ4v) is 1.52. The molecule has 5 heteroatoms. The van der Waals surface area contributed by atoms with Crippen molar-refractivity contribution in [1.29, 1.82) is 0 Å². The molecule has 0 aliphatic heterocycles. The summed E-state index contributed by atoms with van der Waals surface area (Å²) in [5.74, 6) is 0.136. The van der Waals surface area contributed by atoms with Crippen LogP contribution in [0.1, 0.15) is 41.0 Å². The summed E-state index contributed by atoms with van der Waals surface area (Å²) in [5.41, 5.74) is 0. The van der Waals surface area contributed by atoms with Crippen LogP contribution in [-0.2, 0) is 14.3 Å². The lowest BCUT2D eigenvalue weighted by Crippen LogP contribution is -2.30. The molecular weight excluding hydrogens is 256 g/mol. The van der Waals surface area contributed by atoms with Crippen LogP contribution in [0.15, 0.2) is 0 Å². The van der Waals surface area contributed by atoms with Gasteiger partial charge in [-0.2, -0.15) is 0 Å². The minimum Gasteiger partial charge on any atom is -0.378 e. The summed E-state index contributed by atoms with van der Waals surface area (Å²) in [6.45, 7) is 13.5. The lowest BCUT2D eigenvalue weighted by molar-refractivity contribution is -0.124. The second-order valence-electron chi connectivity index (χ2n) is 5.64. The molecule has 0 radical (unpaired) electrons. The molecule has 0 fully saturated rings. The van der Waals surface area contributed by atoms with E-state index < -0.39 is 0 Å². The Morgan fingerprint density at radius 1 is 1.00 bits per heavy atom. The molecule has 20 heavy (non-hydrogen) atoms. The molecule has 0 aromatic carbocycles. The van der Waals surface area contributed by atoms with Gasteiger partial charge in [-0.1, -0.05) is 27.7 Å². The van der Waals surface area contributed by atoms with Crippen LogP contribution < -0.4 is 10.6 Å². The van der Waals surface area contributed by atoms with E-state index in [1.165, 1.54) is 0 Å². The molecule has 0 saturated heterocycles. The number of carbonyl (C=O) groups is 1. The smallest absolute Gasteiger partial charge is 0.222 e. The SMILES string of the molecule is CC(C)NCCOCCOC(C)CCNC(=O)C(C)C. The first kappa shape index (κ1) is 19.4. The summed E-state index contributed by atoms with van der Waals surface area (Å²) in [7, 11) is 0. The number of carbonyl (C=O) groups excluding carboxylic acids is 1. The summed E-state index contributed by atoms with van der Waals surface area (Å²) in [5, 5.41) is 6.17. The quantitative estimate of drug-likeness (QED) is 0.535. The number of hydrogen-bond donors (Lipinski definition) is 2. The second kappa shape index (κ2) is 12.1. The van der Waals surface area contributed by atoms with E-state index in [0.29, 0.717) is 32.4 Å². The van der Waals surface area contributed by atoms with Gasteiger partial charge in [0.25, 0.3) is 0 Å². The van der Waals surface area contributed by atoms with Gasteiger partial charge in [0.2, 0.25) is 5.91 Å². The van der Waals surface area contributed by atoms with E-state index in [4.69, 9.17) is 9.47 Å². The van der Waals surface area contributed by atoms with Crippen LogP contribution >= 0.6 is 0 Å². The molecule has 0 rings (SSSR count). The number of hydrogen-bond acceptors (Lipinski definition) is 4. The summed E-state index contributed by atoms with van der Waals surface area (Å²) in [4.78, 5) is 11.4. The highest BCUT2D eigenvalue weighted by molar-refractivity contribution is 5.77. The van der Waals surface area contributed by atoms with Gasteiger partial charge in [-0.15, -0.1) is 0 Å². The van der Waals surface area contributed by atoms with E-state index in [1.807, 2.05) is 20.8 Å². The molecule has 5 nitrogen and oxygen atoms in total. The zero-order valence-electron chi connectivity index (χ0n) is 13.7. The van der Waals surface area contributed by atoms with Crippen molar-refractivity contribution in [3.8, 4) is 0 Å². The molecular formula is C15H32N2O3. The molecule has 120 valence electrons. The van der Waals surface area contributed by atoms with E-state index >= 15 is 0 Å². The second-order valence-corrected chi connectivity index (χ2v) is 5.64. The molecule has 1 unspecified atom stereocenters. The van der Waals surface area contributed by atoms with Crippen molar-refractivity contribution in [3.63, 3.8) is 0 Å². The van der Waals surface area contributed by atoms with Crippen LogP contribution in [0.4, 0.5) is 0 Å². The Bertz CT molecular complexity index is 245. The average Bonchev–Trinajstić information content (AvgIpc) is 2.36. The zero-order valence-corrected chi connectivity index (χ0v) is 13.7. The Labute approximate surface area is 123 Å². The van der Waals surface area contributed by atoms with Gasteiger partial charge in [0.1, 0.15) is 0 Å². The van der Waals surface area contributed by atoms with Crippen molar-refractivity contribution in [1.82, 2.24) is 10.6 Å². The van der Waals surface area contributed by atoms with Crippen molar-refractivity contribution in [2.75, 3.05) is 32.9 Å². The van der Waals surface area contributed by atoms with E-state index in [0.717, 1.165) is 13.0 Å². The minimum atomic E-state index is 0.0408. The molecule has 0 aliphatic rings. The number of ether oxygens (including phenoxy) is 2. The van der Waals surface area contributed by atoms with Crippen LogP contribution in [-0.4, -0.2) is 51.0 Å². The van der Waals surface area contributed by atoms with Gasteiger partial charge < -0.3 is 20.1 Å². The molecule has 0 aliphatic carbocycles. The molecule has 1 atom stereocenters. The van der Waals surface area contributed by atoms with Crippen molar-refractivity contribution < 1.29 is 14.3 Å². The fraction of sp³-hybridized carbons (Fsp3) is 0.933. The first-order chi connectivity index (χ1) is 9.43. The summed E-state index contributed by atoms with van der Waals surface area (Å²) < 4.78 is 11.1. The molecule has 1 amide bonds. The third-order valence-electron chi connectivity index (χ3n) is 2.80. The lowest BCUT2D eigenvalue weighted by atomic mass is 10.2. The monoisotopic (exact) mass is 288 g/mol. The predicted octanol–water partition coefficient (Wildman–Crippen LogP) is 1.57. The Morgan fingerprint density at radius 3 is 2.30 bits per heavy atom. The lowest BCUT2D eigenvalue weighted by Gasteiger charge is -2.14. The van der Waals surface area contributed by atoms with Crippen molar-refractivity contribution in [3.05, 3.63) is 0 Å². The number of rotatable bonds is 12. The van der Waals surface area contributed by atoms with Crippen LogP contribution in [0.25, 0.3) is 0 Å². The third-order valence-corrected chi connectivity index (χ3v) is 2.80. The van der Waals surface area contributed by atoms with E-state index in [2.05, 4.69) is 24.5 Å². The summed E-state index contributed by atoms with van der Waals surface area (Å²) in [6.07, 6.45) is 0.966. The van der Waals surface area contributed by atoms with Gasteiger partial charge in [-0.25, -0.2) is 0 Å². The zero-order chi connectivity index (χ0) is 15.4. The van der Waals surface area contributed by atoms with Gasteiger partial charge in [0.05, 0.1) is 25.9 Å². The van der Waals surface area contributed by atoms with Crippen LogP contribution in [0.3, 0.4) is 0 Å². The van der Waals surface area contributed by atoms with Crippen molar-refractivity contribution in [2.24, 2.45) is 5.92 Å². The standard InChI is InChI=1S/C15H32N2O3/c1-12(2)15(18)17-7-6-14(5)20-11-10-19-9-8-16-13(3)4/h12-14,16H,6-11H2,1-5H3,(H,17,18). The third kappa shape index (κ3) is 12.4. The van der Waals surface area contributed by atoms with Gasteiger partial charge in [-0.3, -0.25) is 4.79 Å². The van der Waals surface area contributed by atoms with Gasteiger partial charge >= 0.3 is 0 Å². The van der Waals surface area contributed by atoms with E-state index in [1.54, 1.807) is 0 Å². The van der Waals surface area contributed by atoms with Gasteiger partial charge in [0, 0.05) is 25.0 Å². The Kier molecular flexibility index (Phi) is 11.7. The van der Waals surface area contributed by atoms with Crippen molar-refractivity contribution >= 4 is 5.91 Å². The van der Waals surface area contributed by atoms with Crippen LogP contribution in [0.5, 0.6) is 0 Å². The Hall–Kier alpha value is -0.650. The molecule has 0 aromatic rings. The molecule has 0 saturated carbocycles. The maximum Gasteiger partial charge on any atom is 0.222 e. The predicted molar refractivity (Wildman–Crippen MR) is 81.8 cm³/mol. The normalized spacial score (nSPS) is 12.9. The Balaban J connectivity index is 3.32.